The number of nitrogens with zero attached hydrogens (tertiary/aromatic N) is 3. The fourth-order valence-electron chi connectivity index (χ4n) is 3.19. The number of aromatic nitrogens is 3. The van der Waals surface area contributed by atoms with E-state index in [4.69, 9.17) is 14.2 Å². The van der Waals surface area contributed by atoms with E-state index in [9.17, 15) is 14.4 Å². The van der Waals surface area contributed by atoms with Gasteiger partial charge in [-0.25, -0.2) is 9.78 Å². The van der Waals surface area contributed by atoms with Crippen molar-refractivity contribution in [1.29, 1.82) is 0 Å². The van der Waals surface area contributed by atoms with E-state index in [1.165, 1.54) is 48.3 Å². The Kier molecular flexibility index (Phi) is 6.55. The van der Waals surface area contributed by atoms with Crippen LogP contribution < -0.4 is 20.3 Å². The summed E-state index contributed by atoms with van der Waals surface area (Å²) in [6.45, 7) is 1.56. The minimum Gasteiger partial charge on any atom is -0.493 e. The molecule has 174 valence electrons. The molecule has 0 saturated carbocycles. The Morgan fingerprint density at radius 2 is 1.82 bits per heavy atom. The van der Waals surface area contributed by atoms with Crippen molar-refractivity contribution in [2.75, 3.05) is 19.5 Å². The van der Waals surface area contributed by atoms with Crippen LogP contribution in [-0.4, -0.2) is 40.7 Å². The Balaban J connectivity index is 1.50. The molecule has 0 fully saturated rings. The molecule has 0 atom stereocenters. The van der Waals surface area contributed by atoms with Crippen molar-refractivity contribution in [3.8, 4) is 11.5 Å². The predicted molar refractivity (Wildman–Crippen MR) is 125 cm³/mol. The van der Waals surface area contributed by atoms with Crippen molar-refractivity contribution in [1.82, 2.24) is 14.6 Å². The fourth-order valence-corrected chi connectivity index (χ4v) is 3.95. The van der Waals surface area contributed by atoms with E-state index in [1.807, 2.05) is 0 Å². The number of carbonyl (C=O) groups is 2. The topological polar surface area (TPSA) is 121 Å². The van der Waals surface area contributed by atoms with Crippen LogP contribution in [-0.2, 0) is 11.3 Å². The van der Waals surface area contributed by atoms with Gasteiger partial charge in [0.15, 0.2) is 11.5 Å². The standard InChI is InChI=1S/C23H20N4O6S/c1-13-26-27-20(28)11-15(24-23(27)34-13)12-33-22(30)16-6-4-5-7-17(16)25-21(29)14-8-9-18(31-2)19(10-14)32-3/h4-11H,12H2,1-3H3,(H,25,29). The number of hydrogen-bond acceptors (Lipinski definition) is 9. The summed E-state index contributed by atoms with van der Waals surface area (Å²) in [6, 6.07) is 12.5. The Labute approximate surface area is 197 Å². The van der Waals surface area contributed by atoms with Crippen LogP contribution in [0.15, 0.2) is 53.3 Å². The van der Waals surface area contributed by atoms with Crippen LogP contribution in [0.5, 0.6) is 11.5 Å². The quantitative estimate of drug-likeness (QED) is 0.401. The maximum atomic E-state index is 12.8. The van der Waals surface area contributed by atoms with E-state index in [1.54, 1.807) is 37.3 Å². The summed E-state index contributed by atoms with van der Waals surface area (Å²) in [5.74, 6) is -0.227. The molecule has 0 aliphatic rings. The molecular weight excluding hydrogens is 460 g/mol. The van der Waals surface area contributed by atoms with E-state index < -0.39 is 11.9 Å². The van der Waals surface area contributed by atoms with Crippen molar-refractivity contribution in [2.45, 2.75) is 13.5 Å². The highest BCUT2D eigenvalue weighted by atomic mass is 32.1. The molecule has 1 amide bonds. The fraction of sp³-hybridized carbons (Fsp3) is 0.174. The molecule has 11 heteroatoms. The molecule has 0 aliphatic heterocycles. The Hall–Kier alpha value is -4.25. The number of nitrogens with one attached hydrogen (secondary N) is 1. The third-order valence-corrected chi connectivity index (χ3v) is 5.62. The maximum absolute atomic E-state index is 12.8. The summed E-state index contributed by atoms with van der Waals surface area (Å²) in [6.07, 6.45) is 0. The van der Waals surface area contributed by atoms with Gasteiger partial charge in [-0.2, -0.15) is 9.61 Å². The van der Waals surface area contributed by atoms with Crippen LogP contribution in [0, 0.1) is 6.92 Å². The number of methoxy groups -OCH3 is 2. The second kappa shape index (κ2) is 9.71. The van der Waals surface area contributed by atoms with Gasteiger partial charge in [-0.3, -0.25) is 9.59 Å². The molecule has 4 rings (SSSR count). The normalized spacial score (nSPS) is 10.7. The molecule has 4 aromatic rings. The maximum Gasteiger partial charge on any atom is 0.340 e. The van der Waals surface area contributed by atoms with Gasteiger partial charge in [-0.1, -0.05) is 23.5 Å². The van der Waals surface area contributed by atoms with Crippen molar-refractivity contribution < 1.29 is 23.8 Å². The van der Waals surface area contributed by atoms with E-state index in [0.717, 1.165) is 0 Å². The number of para-hydroxylation sites is 1. The Bertz CT molecular complexity index is 1450. The highest BCUT2D eigenvalue weighted by Crippen LogP contribution is 2.28. The molecule has 0 aliphatic carbocycles. The van der Waals surface area contributed by atoms with Crippen LogP contribution in [0.1, 0.15) is 31.4 Å². The number of hydrogen-bond donors (Lipinski definition) is 1. The van der Waals surface area contributed by atoms with Gasteiger partial charge in [-0.15, -0.1) is 0 Å². The molecule has 1 N–H and O–H groups in total. The van der Waals surface area contributed by atoms with Gasteiger partial charge in [0, 0.05) is 11.6 Å². The predicted octanol–water partition coefficient (Wildman–Crippen LogP) is 3.09. The van der Waals surface area contributed by atoms with Crippen molar-refractivity contribution >= 4 is 33.9 Å². The minimum atomic E-state index is -0.675. The van der Waals surface area contributed by atoms with Crippen molar-refractivity contribution in [3.63, 3.8) is 0 Å². The van der Waals surface area contributed by atoms with Gasteiger partial charge in [0.2, 0.25) is 4.96 Å². The third kappa shape index (κ3) is 4.74. The number of rotatable bonds is 7. The number of amides is 1. The van der Waals surface area contributed by atoms with Crippen LogP contribution >= 0.6 is 11.3 Å². The highest BCUT2D eigenvalue weighted by Gasteiger charge is 2.17. The van der Waals surface area contributed by atoms with Gasteiger partial charge >= 0.3 is 5.97 Å². The van der Waals surface area contributed by atoms with Crippen molar-refractivity contribution in [2.24, 2.45) is 0 Å². The highest BCUT2D eigenvalue weighted by molar-refractivity contribution is 7.16. The van der Waals surface area contributed by atoms with Gasteiger partial charge < -0.3 is 19.5 Å². The van der Waals surface area contributed by atoms with E-state index in [-0.39, 0.29) is 23.4 Å². The van der Waals surface area contributed by atoms with Crippen LogP contribution in [0.25, 0.3) is 4.96 Å². The second-order valence-corrected chi connectivity index (χ2v) is 8.21. The number of esters is 1. The summed E-state index contributed by atoms with van der Waals surface area (Å²) < 4.78 is 17.0. The summed E-state index contributed by atoms with van der Waals surface area (Å²) in [4.78, 5) is 42.5. The first kappa shape index (κ1) is 22.9. The first-order valence-corrected chi connectivity index (χ1v) is 10.9. The number of aryl methyl sites for hydroxylation is 1. The third-order valence-electron chi connectivity index (χ3n) is 4.79. The lowest BCUT2D eigenvalue weighted by molar-refractivity contribution is 0.0469. The largest absolute Gasteiger partial charge is 0.493 e. The lowest BCUT2D eigenvalue weighted by atomic mass is 10.1. The average molecular weight is 481 g/mol. The first-order chi connectivity index (χ1) is 16.4. The van der Waals surface area contributed by atoms with Crippen LogP contribution in [0.3, 0.4) is 0 Å². The van der Waals surface area contributed by atoms with Gasteiger partial charge in [0.1, 0.15) is 11.6 Å². The van der Waals surface area contributed by atoms with Crippen LogP contribution in [0.2, 0.25) is 0 Å². The summed E-state index contributed by atoms with van der Waals surface area (Å²) in [7, 11) is 2.98. The monoisotopic (exact) mass is 480 g/mol. The van der Waals surface area contributed by atoms with E-state index >= 15 is 0 Å². The van der Waals surface area contributed by atoms with Gasteiger partial charge in [0.05, 0.1) is 31.2 Å². The number of carbonyl (C=O) groups excluding carboxylic acids is 2. The Morgan fingerprint density at radius 3 is 2.59 bits per heavy atom. The number of ether oxygens (including phenoxy) is 3. The van der Waals surface area contributed by atoms with Crippen molar-refractivity contribution in [3.05, 3.63) is 80.7 Å². The number of anilines is 1. The SMILES string of the molecule is COc1ccc(C(=O)Nc2ccccc2C(=O)OCc2cc(=O)n3nc(C)sc3n2)cc1OC. The molecule has 0 unspecified atom stereocenters. The van der Waals surface area contributed by atoms with Gasteiger partial charge in [0.25, 0.3) is 11.5 Å². The number of benzene rings is 2. The summed E-state index contributed by atoms with van der Waals surface area (Å²) in [5, 5.41) is 7.49. The molecule has 34 heavy (non-hydrogen) atoms. The lowest BCUT2D eigenvalue weighted by Crippen LogP contribution is -2.18. The number of fused-ring (bicyclic) bond motifs is 1. The molecule has 2 aromatic carbocycles. The zero-order chi connectivity index (χ0) is 24.2. The zero-order valence-electron chi connectivity index (χ0n) is 18.5. The van der Waals surface area contributed by atoms with Gasteiger partial charge in [-0.05, 0) is 37.3 Å². The van der Waals surface area contributed by atoms with E-state index in [2.05, 4.69) is 15.4 Å². The average Bonchev–Trinajstić information content (AvgIpc) is 3.23. The second-order valence-electron chi connectivity index (χ2n) is 7.05. The van der Waals surface area contributed by atoms with E-state index in [0.29, 0.717) is 32.7 Å². The molecule has 0 bridgehead atoms. The molecule has 0 radical (unpaired) electrons. The summed E-state index contributed by atoms with van der Waals surface area (Å²) >= 11 is 1.26. The Morgan fingerprint density at radius 1 is 1.06 bits per heavy atom. The lowest BCUT2D eigenvalue weighted by Gasteiger charge is -2.12. The minimum absolute atomic E-state index is 0.155. The van der Waals surface area contributed by atoms with Crippen LogP contribution in [0.4, 0.5) is 5.69 Å². The summed E-state index contributed by atoms with van der Waals surface area (Å²) in [5.41, 5.74) is 0.687. The smallest absolute Gasteiger partial charge is 0.340 e. The first-order valence-electron chi connectivity index (χ1n) is 10.1. The molecular formula is C23H20N4O6S. The molecule has 2 aromatic heterocycles. The molecule has 2 heterocycles. The molecule has 0 spiro atoms. The molecule has 10 nitrogen and oxygen atoms in total. The zero-order valence-corrected chi connectivity index (χ0v) is 19.3. The molecule has 0 saturated heterocycles.